The Morgan fingerprint density at radius 1 is 1.56 bits per heavy atom. The number of hydrogen-bond acceptors (Lipinski definition) is 4. The number of carbonyl (C=O) groups excluding carboxylic acids is 1. The third kappa shape index (κ3) is 0.951. The van der Waals surface area contributed by atoms with E-state index in [-0.39, 0.29) is 6.42 Å². The molecule has 2 aliphatic rings. The largest absolute Gasteiger partial charge is 0.480 e. The fourth-order valence-corrected chi connectivity index (χ4v) is 6.26. The number of amides is 1. The Bertz CT molecular complexity index is 499. The van der Waals surface area contributed by atoms with Crippen LogP contribution < -0.4 is 0 Å². The van der Waals surface area contributed by atoms with E-state index in [9.17, 15) is 18.0 Å². The van der Waals surface area contributed by atoms with Gasteiger partial charge in [0.25, 0.3) is 0 Å². The topological polar surface area (TPSA) is 91.8 Å². The monoisotopic (exact) mass is 311 g/mol. The summed E-state index contributed by atoms with van der Waals surface area (Å²) >= 11 is 2.99. The standard InChI is InChI=1S/C8H10BrNO5S/c1-7(2)5(6(12)13)10-4(11)3-8(10,9)16(7,14)15/h5H,3H2,1-2H3,(H,12,13)/t5-,8?/m0/s1. The van der Waals surface area contributed by atoms with Gasteiger partial charge in [0.05, 0.1) is 6.42 Å². The number of alkyl halides is 1. The molecule has 2 fully saturated rings. The lowest BCUT2D eigenvalue weighted by Crippen LogP contribution is -2.62. The molecule has 0 radical (unpaired) electrons. The van der Waals surface area contributed by atoms with Gasteiger partial charge < -0.3 is 5.11 Å². The van der Waals surface area contributed by atoms with Crippen molar-refractivity contribution in [3.63, 3.8) is 0 Å². The highest BCUT2D eigenvalue weighted by Crippen LogP contribution is 2.56. The molecule has 0 saturated carbocycles. The average molecular weight is 312 g/mol. The van der Waals surface area contributed by atoms with Gasteiger partial charge in [-0.2, -0.15) is 0 Å². The molecular weight excluding hydrogens is 302 g/mol. The summed E-state index contributed by atoms with van der Waals surface area (Å²) < 4.78 is 21.3. The summed E-state index contributed by atoms with van der Waals surface area (Å²) in [6.07, 6.45) is -0.206. The van der Waals surface area contributed by atoms with Crippen LogP contribution in [0.15, 0.2) is 0 Å². The maximum Gasteiger partial charge on any atom is 0.328 e. The van der Waals surface area contributed by atoms with Gasteiger partial charge in [0.2, 0.25) is 9.69 Å². The molecule has 2 aliphatic heterocycles. The number of aliphatic carboxylic acids is 1. The Morgan fingerprint density at radius 2 is 2.06 bits per heavy atom. The van der Waals surface area contributed by atoms with E-state index in [1.54, 1.807) is 0 Å². The van der Waals surface area contributed by atoms with Crippen LogP contribution in [-0.4, -0.2) is 44.9 Å². The van der Waals surface area contributed by atoms with Crippen molar-refractivity contribution in [3.8, 4) is 0 Å². The molecule has 2 atom stereocenters. The molecule has 0 aromatic carbocycles. The summed E-state index contributed by atoms with van der Waals surface area (Å²) in [5.74, 6) is -1.76. The van der Waals surface area contributed by atoms with Crippen molar-refractivity contribution < 1.29 is 23.1 Å². The van der Waals surface area contributed by atoms with E-state index in [1.165, 1.54) is 13.8 Å². The van der Waals surface area contributed by atoms with E-state index in [0.29, 0.717) is 0 Å². The minimum Gasteiger partial charge on any atom is -0.480 e. The second kappa shape index (κ2) is 2.79. The molecule has 2 heterocycles. The molecule has 2 saturated heterocycles. The van der Waals surface area contributed by atoms with Crippen molar-refractivity contribution >= 4 is 37.6 Å². The number of β-lactam (4-membered cyclic amide) rings is 1. The van der Waals surface area contributed by atoms with Crippen LogP contribution in [-0.2, 0) is 19.4 Å². The third-order valence-corrected chi connectivity index (χ3v) is 7.97. The lowest BCUT2D eigenvalue weighted by molar-refractivity contribution is -0.158. The molecule has 0 aromatic heterocycles. The second-order valence-electron chi connectivity index (χ2n) is 4.48. The summed E-state index contributed by atoms with van der Waals surface area (Å²) in [4.78, 5) is 23.4. The Labute approximate surface area is 101 Å². The number of carbonyl (C=O) groups is 2. The minimum atomic E-state index is -3.75. The lowest BCUT2D eigenvalue weighted by Gasteiger charge is -2.42. The van der Waals surface area contributed by atoms with Crippen molar-refractivity contribution in [1.29, 1.82) is 0 Å². The molecule has 16 heavy (non-hydrogen) atoms. The zero-order valence-electron chi connectivity index (χ0n) is 8.60. The van der Waals surface area contributed by atoms with Gasteiger partial charge in [0.1, 0.15) is 4.75 Å². The van der Waals surface area contributed by atoms with Crippen LogP contribution in [0.25, 0.3) is 0 Å². The van der Waals surface area contributed by atoms with Gasteiger partial charge >= 0.3 is 5.97 Å². The van der Waals surface area contributed by atoms with E-state index in [0.717, 1.165) is 4.90 Å². The fraction of sp³-hybridized carbons (Fsp3) is 0.750. The fourth-order valence-electron chi connectivity index (χ4n) is 2.28. The van der Waals surface area contributed by atoms with Crippen molar-refractivity contribution in [2.75, 3.05) is 0 Å². The van der Waals surface area contributed by atoms with Crippen molar-refractivity contribution in [3.05, 3.63) is 0 Å². The first-order chi connectivity index (χ1) is 7.07. The molecule has 2 rings (SSSR count). The first-order valence-electron chi connectivity index (χ1n) is 4.55. The number of fused-ring (bicyclic) bond motifs is 1. The Hall–Kier alpha value is -0.630. The molecule has 0 bridgehead atoms. The summed E-state index contributed by atoms with van der Waals surface area (Å²) in [5.41, 5.74) is 0. The van der Waals surface area contributed by atoms with Gasteiger partial charge in [-0.05, 0) is 29.8 Å². The van der Waals surface area contributed by atoms with Crippen LogP contribution in [0.1, 0.15) is 20.3 Å². The molecule has 1 amide bonds. The third-order valence-electron chi connectivity index (χ3n) is 3.25. The zero-order chi connectivity index (χ0) is 12.5. The molecule has 1 unspecified atom stereocenters. The Kier molecular flexibility index (Phi) is 2.06. The van der Waals surface area contributed by atoms with Crippen LogP contribution in [0.2, 0.25) is 0 Å². The number of carboxylic acid groups (broad SMARTS) is 1. The van der Waals surface area contributed by atoms with Crippen LogP contribution in [0.4, 0.5) is 0 Å². The number of rotatable bonds is 1. The zero-order valence-corrected chi connectivity index (χ0v) is 11.0. The first kappa shape index (κ1) is 11.8. The summed E-state index contributed by atoms with van der Waals surface area (Å²) in [6.45, 7) is 2.66. The Balaban J connectivity index is 2.67. The molecule has 90 valence electrons. The van der Waals surface area contributed by atoms with Gasteiger partial charge in [-0.25, -0.2) is 13.2 Å². The van der Waals surface area contributed by atoms with Gasteiger partial charge in [0, 0.05) is 0 Å². The lowest BCUT2D eigenvalue weighted by atomic mass is 9.98. The molecule has 8 heteroatoms. The smallest absolute Gasteiger partial charge is 0.328 e. The van der Waals surface area contributed by atoms with E-state index < -0.39 is 36.3 Å². The number of hydrogen-bond donors (Lipinski definition) is 1. The minimum absolute atomic E-state index is 0.206. The maximum absolute atomic E-state index is 12.2. The number of sulfone groups is 1. The van der Waals surface area contributed by atoms with Gasteiger partial charge in [-0.15, -0.1) is 0 Å². The van der Waals surface area contributed by atoms with Gasteiger partial charge in [-0.3, -0.25) is 9.69 Å². The summed E-state index contributed by atoms with van der Waals surface area (Å²) in [6, 6.07) is -1.34. The molecule has 0 aromatic rings. The number of carboxylic acids is 1. The molecule has 0 aliphatic carbocycles. The normalized spacial score (nSPS) is 39.1. The quantitative estimate of drug-likeness (QED) is 0.416. The summed E-state index contributed by atoms with van der Waals surface area (Å²) in [5, 5.41) is 9.06. The van der Waals surface area contributed by atoms with Crippen molar-refractivity contribution in [2.45, 2.75) is 34.8 Å². The summed E-state index contributed by atoms with van der Waals surface area (Å²) in [7, 11) is -3.75. The van der Waals surface area contributed by atoms with Crippen molar-refractivity contribution in [1.82, 2.24) is 4.90 Å². The highest BCUT2D eigenvalue weighted by molar-refractivity contribution is 9.11. The Morgan fingerprint density at radius 3 is 2.38 bits per heavy atom. The van der Waals surface area contributed by atoms with E-state index in [2.05, 4.69) is 15.9 Å². The number of halogens is 1. The van der Waals surface area contributed by atoms with Crippen LogP contribution >= 0.6 is 15.9 Å². The molecule has 6 nitrogen and oxygen atoms in total. The molecule has 1 N–H and O–H groups in total. The van der Waals surface area contributed by atoms with Crippen molar-refractivity contribution in [2.24, 2.45) is 0 Å². The van der Waals surface area contributed by atoms with Crippen LogP contribution in [0, 0.1) is 0 Å². The maximum atomic E-state index is 12.2. The SMILES string of the molecule is CC1(C)[C@H](C(=O)O)N2C(=O)CC2(Br)S1(=O)=O. The first-order valence-corrected chi connectivity index (χ1v) is 6.83. The second-order valence-corrected chi connectivity index (χ2v) is 9.05. The predicted octanol–water partition coefficient (Wildman–Crippen LogP) is -0.0724. The number of nitrogens with zero attached hydrogens (tertiary/aromatic N) is 1. The molecular formula is C8H10BrNO5S. The van der Waals surface area contributed by atoms with Crippen LogP contribution in [0.3, 0.4) is 0 Å². The predicted molar refractivity (Wildman–Crippen MR) is 57.5 cm³/mol. The van der Waals surface area contributed by atoms with E-state index in [4.69, 9.17) is 5.11 Å². The highest BCUT2D eigenvalue weighted by Gasteiger charge is 2.76. The van der Waals surface area contributed by atoms with Gasteiger partial charge in [-0.1, -0.05) is 0 Å². The highest BCUT2D eigenvalue weighted by atomic mass is 79.9. The van der Waals surface area contributed by atoms with E-state index >= 15 is 0 Å². The molecule has 0 spiro atoms. The average Bonchev–Trinajstić information content (AvgIpc) is 2.20. The van der Waals surface area contributed by atoms with Gasteiger partial charge in [0.15, 0.2) is 15.9 Å². The van der Waals surface area contributed by atoms with Crippen LogP contribution in [0.5, 0.6) is 0 Å². The van der Waals surface area contributed by atoms with E-state index in [1.807, 2.05) is 0 Å².